The lowest BCUT2D eigenvalue weighted by atomic mass is 10.0. The summed E-state index contributed by atoms with van der Waals surface area (Å²) in [5, 5.41) is 3.35. The van der Waals surface area contributed by atoms with E-state index in [9.17, 15) is 4.79 Å². The summed E-state index contributed by atoms with van der Waals surface area (Å²) in [4.78, 5) is 11.4. The monoisotopic (exact) mass is 235 g/mol. The number of hydrogen-bond donors (Lipinski definition) is 1. The molecule has 0 aliphatic rings. The molecule has 0 aromatic heterocycles. The summed E-state index contributed by atoms with van der Waals surface area (Å²) in [6, 6.07) is 6.28. The van der Waals surface area contributed by atoms with Crippen LogP contribution in [0.2, 0.25) is 0 Å². The number of anilines is 1. The Morgan fingerprint density at radius 2 is 1.94 bits per heavy atom. The average molecular weight is 235 g/mol. The van der Waals surface area contributed by atoms with Gasteiger partial charge in [0.25, 0.3) is 0 Å². The Kier molecular flexibility index (Phi) is 4.55. The zero-order valence-corrected chi connectivity index (χ0v) is 11.2. The molecule has 1 aromatic carbocycles. The molecule has 2 unspecified atom stereocenters. The van der Waals surface area contributed by atoms with E-state index < -0.39 is 0 Å². The molecule has 0 spiro atoms. The van der Waals surface area contributed by atoms with Crippen LogP contribution in [0.15, 0.2) is 18.2 Å². The smallest absolute Gasteiger partial charge is 0.310 e. The van der Waals surface area contributed by atoms with Gasteiger partial charge in [0.15, 0.2) is 0 Å². The van der Waals surface area contributed by atoms with Crippen LogP contribution >= 0.6 is 0 Å². The molecule has 0 saturated carbocycles. The first-order valence-corrected chi connectivity index (χ1v) is 5.87. The Hall–Kier alpha value is -1.51. The highest BCUT2D eigenvalue weighted by Gasteiger charge is 2.20. The van der Waals surface area contributed by atoms with Gasteiger partial charge in [-0.15, -0.1) is 0 Å². The number of carbonyl (C=O) groups excluding carboxylic acids is 1. The van der Waals surface area contributed by atoms with Crippen molar-refractivity contribution in [2.45, 2.75) is 33.7 Å². The van der Waals surface area contributed by atoms with Crippen LogP contribution in [-0.4, -0.2) is 19.1 Å². The number of rotatable bonds is 4. The second kappa shape index (κ2) is 5.71. The maximum Gasteiger partial charge on any atom is 0.310 e. The van der Waals surface area contributed by atoms with Crippen molar-refractivity contribution in [1.29, 1.82) is 0 Å². The molecule has 0 bridgehead atoms. The Balaban J connectivity index is 2.74. The summed E-state index contributed by atoms with van der Waals surface area (Å²) >= 11 is 0. The summed E-state index contributed by atoms with van der Waals surface area (Å²) in [6.07, 6.45) is 0. The van der Waals surface area contributed by atoms with Crippen LogP contribution < -0.4 is 5.32 Å². The standard InChI is InChI=1S/C14H21NO2/c1-9-6-7-13(10(2)8-9)15-12(4)11(3)14(16)17-5/h6-8,11-12,15H,1-5H3. The van der Waals surface area contributed by atoms with E-state index in [1.54, 1.807) is 0 Å². The highest BCUT2D eigenvalue weighted by Crippen LogP contribution is 2.19. The molecule has 3 nitrogen and oxygen atoms in total. The Morgan fingerprint density at radius 1 is 1.29 bits per heavy atom. The molecule has 0 amide bonds. The molecule has 0 radical (unpaired) electrons. The van der Waals surface area contributed by atoms with E-state index in [1.807, 2.05) is 19.9 Å². The van der Waals surface area contributed by atoms with Gasteiger partial charge in [0.05, 0.1) is 13.0 Å². The van der Waals surface area contributed by atoms with E-state index in [-0.39, 0.29) is 17.9 Å². The molecule has 94 valence electrons. The Morgan fingerprint density at radius 3 is 2.47 bits per heavy atom. The SMILES string of the molecule is COC(=O)C(C)C(C)Nc1ccc(C)cc1C. The molecule has 0 fully saturated rings. The second-order valence-electron chi connectivity index (χ2n) is 4.56. The Labute approximate surface area is 103 Å². The molecule has 17 heavy (non-hydrogen) atoms. The van der Waals surface area contributed by atoms with Gasteiger partial charge < -0.3 is 10.1 Å². The van der Waals surface area contributed by atoms with Gasteiger partial charge in [-0.1, -0.05) is 17.7 Å². The number of carbonyl (C=O) groups is 1. The zero-order valence-electron chi connectivity index (χ0n) is 11.2. The summed E-state index contributed by atoms with van der Waals surface area (Å²) in [6.45, 7) is 7.98. The summed E-state index contributed by atoms with van der Waals surface area (Å²) < 4.78 is 4.74. The van der Waals surface area contributed by atoms with Crippen molar-refractivity contribution >= 4 is 11.7 Å². The number of benzene rings is 1. The molecule has 0 aliphatic carbocycles. The normalized spacial score (nSPS) is 13.9. The quantitative estimate of drug-likeness (QED) is 0.815. The fourth-order valence-corrected chi connectivity index (χ4v) is 1.74. The van der Waals surface area contributed by atoms with Gasteiger partial charge in [-0.05, 0) is 39.3 Å². The summed E-state index contributed by atoms with van der Waals surface area (Å²) in [7, 11) is 1.42. The van der Waals surface area contributed by atoms with Crippen LogP contribution in [-0.2, 0) is 9.53 Å². The Bertz CT molecular complexity index is 401. The third-order valence-electron chi connectivity index (χ3n) is 3.09. The van der Waals surface area contributed by atoms with E-state index in [0.717, 1.165) is 5.69 Å². The maximum atomic E-state index is 11.4. The highest BCUT2D eigenvalue weighted by atomic mass is 16.5. The first-order valence-electron chi connectivity index (χ1n) is 5.87. The predicted molar refractivity (Wildman–Crippen MR) is 70.2 cm³/mol. The van der Waals surface area contributed by atoms with Gasteiger partial charge in [-0.2, -0.15) is 0 Å². The van der Waals surface area contributed by atoms with Crippen LogP contribution in [0.25, 0.3) is 0 Å². The van der Waals surface area contributed by atoms with Crippen LogP contribution in [0.1, 0.15) is 25.0 Å². The lowest BCUT2D eigenvalue weighted by Crippen LogP contribution is -2.30. The minimum Gasteiger partial charge on any atom is -0.469 e. The fourth-order valence-electron chi connectivity index (χ4n) is 1.74. The topological polar surface area (TPSA) is 38.3 Å². The van der Waals surface area contributed by atoms with Gasteiger partial charge in [-0.3, -0.25) is 4.79 Å². The third-order valence-corrected chi connectivity index (χ3v) is 3.09. The second-order valence-corrected chi connectivity index (χ2v) is 4.56. The molecule has 3 heteroatoms. The first kappa shape index (κ1) is 13.6. The molecule has 1 rings (SSSR count). The zero-order chi connectivity index (χ0) is 13.0. The van der Waals surface area contributed by atoms with Gasteiger partial charge in [0, 0.05) is 11.7 Å². The lowest BCUT2D eigenvalue weighted by molar-refractivity contribution is -0.145. The number of hydrogen-bond acceptors (Lipinski definition) is 3. The average Bonchev–Trinajstić information content (AvgIpc) is 2.30. The summed E-state index contributed by atoms with van der Waals surface area (Å²) in [5.41, 5.74) is 3.49. The molecule has 0 heterocycles. The molecule has 2 atom stereocenters. The lowest BCUT2D eigenvalue weighted by Gasteiger charge is -2.21. The number of ether oxygens (including phenoxy) is 1. The summed E-state index contributed by atoms with van der Waals surface area (Å²) in [5.74, 6) is -0.351. The molecular formula is C14H21NO2. The van der Waals surface area contributed by atoms with E-state index >= 15 is 0 Å². The third kappa shape index (κ3) is 3.48. The van der Waals surface area contributed by atoms with Gasteiger partial charge >= 0.3 is 5.97 Å². The maximum absolute atomic E-state index is 11.4. The van der Waals surface area contributed by atoms with E-state index in [2.05, 4.69) is 31.3 Å². The van der Waals surface area contributed by atoms with E-state index in [1.165, 1.54) is 18.2 Å². The van der Waals surface area contributed by atoms with Gasteiger partial charge in [-0.25, -0.2) is 0 Å². The van der Waals surface area contributed by atoms with Crippen molar-refractivity contribution in [2.75, 3.05) is 12.4 Å². The number of methoxy groups -OCH3 is 1. The van der Waals surface area contributed by atoms with Crippen LogP contribution in [0.4, 0.5) is 5.69 Å². The van der Waals surface area contributed by atoms with Crippen molar-refractivity contribution in [3.63, 3.8) is 0 Å². The minimum atomic E-state index is -0.185. The molecular weight excluding hydrogens is 214 g/mol. The van der Waals surface area contributed by atoms with Crippen molar-refractivity contribution in [2.24, 2.45) is 5.92 Å². The number of aryl methyl sites for hydroxylation is 2. The minimum absolute atomic E-state index is 0.0452. The van der Waals surface area contributed by atoms with Crippen LogP contribution in [0.3, 0.4) is 0 Å². The predicted octanol–water partition coefficient (Wildman–Crippen LogP) is 2.91. The van der Waals surface area contributed by atoms with Crippen LogP contribution in [0, 0.1) is 19.8 Å². The van der Waals surface area contributed by atoms with E-state index in [0.29, 0.717) is 0 Å². The van der Waals surface area contributed by atoms with Crippen molar-refractivity contribution in [3.8, 4) is 0 Å². The molecule has 0 aliphatic heterocycles. The highest BCUT2D eigenvalue weighted by molar-refractivity contribution is 5.73. The van der Waals surface area contributed by atoms with Crippen molar-refractivity contribution in [3.05, 3.63) is 29.3 Å². The molecule has 1 aromatic rings. The molecule has 0 saturated heterocycles. The first-order chi connectivity index (χ1) is 7.95. The van der Waals surface area contributed by atoms with Crippen molar-refractivity contribution in [1.82, 2.24) is 0 Å². The largest absolute Gasteiger partial charge is 0.469 e. The van der Waals surface area contributed by atoms with Gasteiger partial charge in [0.2, 0.25) is 0 Å². The number of nitrogens with one attached hydrogen (secondary N) is 1. The van der Waals surface area contributed by atoms with Crippen molar-refractivity contribution < 1.29 is 9.53 Å². The number of esters is 1. The fraction of sp³-hybridized carbons (Fsp3) is 0.500. The van der Waals surface area contributed by atoms with E-state index in [4.69, 9.17) is 4.74 Å². The van der Waals surface area contributed by atoms with Gasteiger partial charge in [0.1, 0.15) is 0 Å². The van der Waals surface area contributed by atoms with Crippen LogP contribution in [0.5, 0.6) is 0 Å². The molecule has 1 N–H and O–H groups in total.